The third kappa shape index (κ3) is 3.59. The number of benzene rings is 4. The molecule has 0 aliphatic carbocycles. The van der Waals surface area contributed by atoms with Crippen LogP contribution in [0.15, 0.2) is 102 Å². The fourth-order valence-corrected chi connectivity index (χ4v) is 2.83. The van der Waals surface area contributed by atoms with Gasteiger partial charge in [0.25, 0.3) is 0 Å². The van der Waals surface area contributed by atoms with Gasteiger partial charge in [0.2, 0.25) is 0 Å². The van der Waals surface area contributed by atoms with Crippen LogP contribution in [0.4, 0.5) is 17.1 Å². The Morgan fingerprint density at radius 3 is 2.12 bits per heavy atom. The van der Waals surface area contributed by atoms with Crippen LogP contribution >= 0.6 is 0 Å². The normalized spacial score (nSPS) is 11.0. The fraction of sp³-hybridized carbons (Fsp3) is 0. The van der Waals surface area contributed by atoms with Crippen molar-refractivity contribution in [3.8, 4) is 0 Å². The minimum absolute atomic E-state index is 0.937. The van der Waals surface area contributed by atoms with Gasteiger partial charge in [0.15, 0.2) is 0 Å². The molecule has 0 spiro atoms. The Hall–Kier alpha value is -3.39. The molecule has 0 radical (unpaired) electrons. The average Bonchev–Trinajstić information content (AvgIpc) is 2.68. The van der Waals surface area contributed by atoms with E-state index < -0.39 is 0 Å². The molecule has 4 aromatic carbocycles. The van der Waals surface area contributed by atoms with E-state index >= 15 is 0 Å². The standard InChI is InChI=1S/C23H18N2/c1-2-10-21(11-3-1)25-22-15-13-20(14-16-22)24-17-19-9-6-8-18-7-4-5-12-23(18)19/h1-17,25H. The van der Waals surface area contributed by atoms with E-state index in [9.17, 15) is 0 Å². The number of nitrogens with one attached hydrogen (secondary N) is 1. The Kier molecular flexibility index (Phi) is 4.25. The number of fused-ring (bicyclic) bond motifs is 1. The topological polar surface area (TPSA) is 24.4 Å². The van der Waals surface area contributed by atoms with Gasteiger partial charge in [0.05, 0.1) is 5.69 Å². The van der Waals surface area contributed by atoms with Crippen LogP contribution in [0, 0.1) is 0 Å². The van der Waals surface area contributed by atoms with E-state index in [1.807, 2.05) is 60.8 Å². The Morgan fingerprint density at radius 1 is 0.600 bits per heavy atom. The predicted molar refractivity (Wildman–Crippen MR) is 107 cm³/mol. The molecule has 2 heteroatoms. The summed E-state index contributed by atoms with van der Waals surface area (Å²) in [6.07, 6.45) is 1.93. The Balaban J connectivity index is 1.53. The zero-order valence-corrected chi connectivity index (χ0v) is 13.8. The zero-order valence-electron chi connectivity index (χ0n) is 13.8. The second-order valence-corrected chi connectivity index (χ2v) is 5.86. The maximum absolute atomic E-state index is 4.62. The highest BCUT2D eigenvalue weighted by Crippen LogP contribution is 2.21. The summed E-state index contributed by atoms with van der Waals surface area (Å²) in [6.45, 7) is 0. The van der Waals surface area contributed by atoms with Crippen LogP contribution < -0.4 is 5.32 Å². The van der Waals surface area contributed by atoms with Gasteiger partial charge in [0, 0.05) is 23.2 Å². The highest BCUT2D eigenvalue weighted by Gasteiger charge is 1.98. The first-order valence-electron chi connectivity index (χ1n) is 8.32. The van der Waals surface area contributed by atoms with Gasteiger partial charge in [-0.1, -0.05) is 60.7 Å². The van der Waals surface area contributed by atoms with Gasteiger partial charge < -0.3 is 5.32 Å². The van der Waals surface area contributed by atoms with Crippen molar-refractivity contribution in [1.82, 2.24) is 0 Å². The maximum Gasteiger partial charge on any atom is 0.0631 e. The average molecular weight is 322 g/mol. The number of aliphatic imine (C=N–C) groups is 1. The summed E-state index contributed by atoms with van der Waals surface area (Å²) in [6, 6.07) is 32.9. The molecule has 0 heterocycles. The third-order valence-electron chi connectivity index (χ3n) is 4.11. The van der Waals surface area contributed by atoms with E-state index in [0.29, 0.717) is 0 Å². The second-order valence-electron chi connectivity index (χ2n) is 5.86. The smallest absolute Gasteiger partial charge is 0.0631 e. The van der Waals surface area contributed by atoms with Crippen LogP contribution in [0.2, 0.25) is 0 Å². The van der Waals surface area contributed by atoms with Crippen molar-refractivity contribution in [2.45, 2.75) is 0 Å². The molecule has 2 nitrogen and oxygen atoms in total. The van der Waals surface area contributed by atoms with Crippen LogP contribution in [0.3, 0.4) is 0 Å². The molecule has 0 aromatic heterocycles. The van der Waals surface area contributed by atoms with Crippen LogP contribution in [0.25, 0.3) is 10.8 Å². The Morgan fingerprint density at radius 2 is 1.28 bits per heavy atom. The number of nitrogens with zero attached hydrogens (tertiary/aromatic N) is 1. The molecule has 0 aliphatic rings. The molecular weight excluding hydrogens is 304 g/mol. The molecule has 1 N–H and O–H groups in total. The van der Waals surface area contributed by atoms with Crippen molar-refractivity contribution in [1.29, 1.82) is 0 Å². The lowest BCUT2D eigenvalue weighted by Crippen LogP contribution is -1.88. The summed E-state index contributed by atoms with van der Waals surface area (Å²) in [4.78, 5) is 4.62. The number of rotatable bonds is 4. The summed E-state index contributed by atoms with van der Waals surface area (Å²) < 4.78 is 0. The number of hydrogen-bond acceptors (Lipinski definition) is 2. The van der Waals surface area contributed by atoms with Crippen molar-refractivity contribution in [2.75, 3.05) is 5.32 Å². The van der Waals surface area contributed by atoms with Gasteiger partial charge in [-0.15, -0.1) is 0 Å². The lowest BCUT2D eigenvalue weighted by molar-refractivity contribution is 1.50. The van der Waals surface area contributed by atoms with E-state index in [2.05, 4.69) is 52.8 Å². The SMILES string of the molecule is C(=Nc1ccc(Nc2ccccc2)cc1)c1cccc2ccccc12. The Bertz CT molecular complexity index is 998. The maximum atomic E-state index is 4.62. The van der Waals surface area contributed by atoms with Crippen molar-refractivity contribution >= 4 is 34.0 Å². The second kappa shape index (κ2) is 7.02. The van der Waals surface area contributed by atoms with E-state index in [1.54, 1.807) is 0 Å². The highest BCUT2D eigenvalue weighted by molar-refractivity contribution is 6.00. The number of anilines is 2. The molecule has 0 bridgehead atoms. The summed E-state index contributed by atoms with van der Waals surface area (Å²) in [5, 5.41) is 5.83. The van der Waals surface area contributed by atoms with Crippen molar-refractivity contribution in [3.63, 3.8) is 0 Å². The minimum atomic E-state index is 0.937. The molecule has 120 valence electrons. The fourth-order valence-electron chi connectivity index (χ4n) is 2.83. The molecule has 25 heavy (non-hydrogen) atoms. The molecular formula is C23H18N2. The lowest BCUT2D eigenvalue weighted by Gasteiger charge is -2.06. The van der Waals surface area contributed by atoms with Gasteiger partial charge in [0.1, 0.15) is 0 Å². The molecule has 4 rings (SSSR count). The van der Waals surface area contributed by atoms with Crippen molar-refractivity contribution in [2.24, 2.45) is 4.99 Å². The number of hydrogen-bond donors (Lipinski definition) is 1. The molecule has 0 fully saturated rings. The lowest BCUT2D eigenvalue weighted by atomic mass is 10.1. The van der Waals surface area contributed by atoms with Gasteiger partial charge in [-0.2, -0.15) is 0 Å². The molecule has 0 atom stereocenters. The van der Waals surface area contributed by atoms with Crippen molar-refractivity contribution in [3.05, 3.63) is 103 Å². The highest BCUT2D eigenvalue weighted by atomic mass is 14.9. The third-order valence-corrected chi connectivity index (χ3v) is 4.11. The monoisotopic (exact) mass is 322 g/mol. The van der Waals surface area contributed by atoms with E-state index in [0.717, 1.165) is 22.6 Å². The summed E-state index contributed by atoms with van der Waals surface area (Å²) >= 11 is 0. The zero-order chi connectivity index (χ0) is 16.9. The summed E-state index contributed by atoms with van der Waals surface area (Å²) in [7, 11) is 0. The van der Waals surface area contributed by atoms with Gasteiger partial charge in [-0.05, 0) is 47.2 Å². The van der Waals surface area contributed by atoms with Crippen LogP contribution in [0.5, 0.6) is 0 Å². The van der Waals surface area contributed by atoms with E-state index in [1.165, 1.54) is 10.8 Å². The predicted octanol–water partition coefficient (Wildman–Crippen LogP) is 6.33. The van der Waals surface area contributed by atoms with Crippen LogP contribution in [-0.2, 0) is 0 Å². The molecule has 0 saturated carbocycles. The molecule has 0 amide bonds. The van der Waals surface area contributed by atoms with E-state index in [4.69, 9.17) is 0 Å². The first-order chi connectivity index (χ1) is 12.4. The summed E-state index contributed by atoms with van der Waals surface area (Å²) in [5.74, 6) is 0. The first-order valence-corrected chi connectivity index (χ1v) is 8.32. The van der Waals surface area contributed by atoms with Gasteiger partial charge in [-0.25, -0.2) is 0 Å². The van der Waals surface area contributed by atoms with E-state index in [-0.39, 0.29) is 0 Å². The largest absolute Gasteiger partial charge is 0.356 e. The minimum Gasteiger partial charge on any atom is -0.356 e. The first kappa shape index (κ1) is 15.2. The number of para-hydroxylation sites is 1. The molecule has 0 aliphatic heterocycles. The Labute approximate surface area is 147 Å². The molecule has 4 aromatic rings. The molecule has 0 unspecified atom stereocenters. The molecule has 0 saturated heterocycles. The van der Waals surface area contributed by atoms with Crippen LogP contribution in [-0.4, -0.2) is 6.21 Å². The summed E-state index contributed by atoms with van der Waals surface area (Å²) in [5.41, 5.74) is 4.20. The van der Waals surface area contributed by atoms with Crippen LogP contribution in [0.1, 0.15) is 5.56 Å². The van der Waals surface area contributed by atoms with Gasteiger partial charge >= 0.3 is 0 Å². The van der Waals surface area contributed by atoms with Gasteiger partial charge in [-0.3, -0.25) is 4.99 Å². The quantitative estimate of drug-likeness (QED) is 0.436. The van der Waals surface area contributed by atoms with Crippen molar-refractivity contribution < 1.29 is 0 Å².